The molecule has 0 aromatic heterocycles. The van der Waals surface area contributed by atoms with E-state index in [1.54, 1.807) is 31.2 Å². The lowest BCUT2D eigenvalue weighted by atomic mass is 9.95. The highest BCUT2D eigenvalue weighted by atomic mass is 19.1. The summed E-state index contributed by atoms with van der Waals surface area (Å²) in [6, 6.07) is 10.9. The summed E-state index contributed by atoms with van der Waals surface area (Å²) in [5, 5.41) is 17.9. The van der Waals surface area contributed by atoms with E-state index in [-0.39, 0.29) is 16.7 Å². The van der Waals surface area contributed by atoms with Gasteiger partial charge in [-0.2, -0.15) is 5.26 Å². The van der Waals surface area contributed by atoms with Crippen molar-refractivity contribution in [3.05, 3.63) is 58.9 Å². The van der Waals surface area contributed by atoms with E-state index in [1.807, 2.05) is 0 Å². The lowest BCUT2D eigenvalue weighted by molar-refractivity contribution is 0.0696. The topological polar surface area (TPSA) is 61.1 Å². The fourth-order valence-corrected chi connectivity index (χ4v) is 1.99. The summed E-state index contributed by atoms with van der Waals surface area (Å²) < 4.78 is 14.1. The van der Waals surface area contributed by atoms with Crippen LogP contribution in [0.25, 0.3) is 11.1 Å². The molecule has 0 unspecified atom stereocenters. The molecule has 4 heteroatoms. The minimum Gasteiger partial charge on any atom is -0.478 e. The van der Waals surface area contributed by atoms with Crippen molar-refractivity contribution in [1.82, 2.24) is 0 Å². The second kappa shape index (κ2) is 4.91. The van der Waals surface area contributed by atoms with Crippen LogP contribution in [0.5, 0.6) is 0 Å². The van der Waals surface area contributed by atoms with E-state index < -0.39 is 11.8 Å². The normalized spacial score (nSPS) is 9.95. The highest BCUT2D eigenvalue weighted by molar-refractivity contribution is 5.92. The Balaban J connectivity index is 2.71. The number of halogens is 1. The van der Waals surface area contributed by atoms with Crippen LogP contribution in [0.15, 0.2) is 36.4 Å². The van der Waals surface area contributed by atoms with Gasteiger partial charge in [0, 0.05) is 5.56 Å². The van der Waals surface area contributed by atoms with Gasteiger partial charge in [-0.25, -0.2) is 9.18 Å². The molecule has 0 bridgehead atoms. The summed E-state index contributed by atoms with van der Waals surface area (Å²) in [6.07, 6.45) is 0. The molecule has 3 nitrogen and oxygen atoms in total. The Kier molecular flexibility index (Phi) is 3.30. The number of nitrogens with zero attached hydrogens (tertiary/aromatic N) is 1. The van der Waals surface area contributed by atoms with Crippen LogP contribution in [-0.2, 0) is 0 Å². The molecule has 0 amide bonds. The highest BCUT2D eigenvalue weighted by Crippen LogP contribution is 2.29. The molecule has 1 N–H and O–H groups in total. The Morgan fingerprint density at radius 2 is 1.84 bits per heavy atom. The summed E-state index contributed by atoms with van der Waals surface area (Å²) in [4.78, 5) is 11.1. The number of nitriles is 1. The minimum atomic E-state index is -1.06. The zero-order valence-electron chi connectivity index (χ0n) is 10.1. The third-order valence-corrected chi connectivity index (χ3v) is 2.97. The number of carboxylic acids is 1. The van der Waals surface area contributed by atoms with E-state index in [0.29, 0.717) is 11.1 Å². The molecule has 2 aromatic carbocycles. The maximum Gasteiger partial charge on any atom is 0.335 e. The molecule has 0 saturated carbocycles. The maximum absolute atomic E-state index is 14.1. The molecule has 0 atom stereocenters. The van der Waals surface area contributed by atoms with Gasteiger partial charge in [0.05, 0.1) is 11.1 Å². The molecule has 0 heterocycles. The van der Waals surface area contributed by atoms with Crippen molar-refractivity contribution < 1.29 is 14.3 Å². The number of aromatic carboxylic acids is 1. The van der Waals surface area contributed by atoms with Gasteiger partial charge in [0.2, 0.25) is 0 Å². The molecule has 2 aromatic rings. The standard InChI is InChI=1S/C15H10FNO2/c1-9-11(5-3-6-12(9)15(18)19)13-7-2-4-10(8-17)14(13)16/h2-7H,1H3,(H,18,19). The second-order valence-electron chi connectivity index (χ2n) is 4.06. The van der Waals surface area contributed by atoms with Crippen LogP contribution < -0.4 is 0 Å². The molecular formula is C15H10FNO2. The number of carbonyl (C=O) groups is 1. The van der Waals surface area contributed by atoms with E-state index in [9.17, 15) is 9.18 Å². The largest absolute Gasteiger partial charge is 0.478 e. The Bertz CT molecular complexity index is 702. The van der Waals surface area contributed by atoms with Crippen molar-refractivity contribution in [2.75, 3.05) is 0 Å². The third kappa shape index (κ3) is 2.18. The predicted molar refractivity (Wildman–Crippen MR) is 68.2 cm³/mol. The zero-order valence-corrected chi connectivity index (χ0v) is 10.1. The van der Waals surface area contributed by atoms with E-state index >= 15 is 0 Å². The fourth-order valence-electron chi connectivity index (χ4n) is 1.99. The molecule has 0 saturated heterocycles. The highest BCUT2D eigenvalue weighted by Gasteiger charge is 2.15. The fraction of sp³-hybridized carbons (Fsp3) is 0.0667. The molecule has 2 rings (SSSR count). The Morgan fingerprint density at radius 1 is 1.21 bits per heavy atom. The number of benzene rings is 2. The first kappa shape index (κ1) is 12.8. The average Bonchev–Trinajstić information content (AvgIpc) is 2.39. The molecular weight excluding hydrogens is 245 g/mol. The van der Waals surface area contributed by atoms with Crippen LogP contribution in [0.3, 0.4) is 0 Å². The monoisotopic (exact) mass is 255 g/mol. The first-order chi connectivity index (χ1) is 9.06. The van der Waals surface area contributed by atoms with E-state index in [0.717, 1.165) is 0 Å². The third-order valence-electron chi connectivity index (χ3n) is 2.97. The first-order valence-electron chi connectivity index (χ1n) is 5.58. The molecule has 0 radical (unpaired) electrons. The van der Waals surface area contributed by atoms with E-state index in [4.69, 9.17) is 10.4 Å². The van der Waals surface area contributed by atoms with Crippen molar-refractivity contribution in [1.29, 1.82) is 5.26 Å². The SMILES string of the molecule is Cc1c(C(=O)O)cccc1-c1cccc(C#N)c1F. The Labute approximate surface area is 109 Å². The summed E-state index contributed by atoms with van der Waals surface area (Å²) in [5.41, 5.74) is 1.26. The van der Waals surface area contributed by atoms with Crippen LogP contribution in [0.2, 0.25) is 0 Å². The van der Waals surface area contributed by atoms with Crippen LogP contribution in [0.4, 0.5) is 4.39 Å². The van der Waals surface area contributed by atoms with Gasteiger partial charge < -0.3 is 5.11 Å². The minimum absolute atomic E-state index is 0.0578. The van der Waals surface area contributed by atoms with Crippen molar-refractivity contribution in [2.24, 2.45) is 0 Å². The first-order valence-corrected chi connectivity index (χ1v) is 5.58. The van der Waals surface area contributed by atoms with Gasteiger partial charge in [-0.1, -0.05) is 24.3 Å². The zero-order chi connectivity index (χ0) is 14.0. The van der Waals surface area contributed by atoms with Crippen molar-refractivity contribution in [2.45, 2.75) is 6.92 Å². The van der Waals surface area contributed by atoms with Crippen molar-refractivity contribution in [3.8, 4) is 17.2 Å². The van der Waals surface area contributed by atoms with Gasteiger partial charge in [0.1, 0.15) is 11.9 Å². The summed E-state index contributed by atoms with van der Waals surface area (Å²) >= 11 is 0. The van der Waals surface area contributed by atoms with Crippen LogP contribution in [0, 0.1) is 24.1 Å². The number of rotatable bonds is 2. The molecule has 0 fully saturated rings. The van der Waals surface area contributed by atoms with Gasteiger partial charge in [0.15, 0.2) is 0 Å². The number of hydrogen-bond donors (Lipinski definition) is 1. The average molecular weight is 255 g/mol. The Morgan fingerprint density at radius 3 is 2.47 bits per heavy atom. The number of carboxylic acid groups (broad SMARTS) is 1. The van der Waals surface area contributed by atoms with Crippen LogP contribution >= 0.6 is 0 Å². The smallest absolute Gasteiger partial charge is 0.335 e. The molecule has 0 aliphatic rings. The Hall–Kier alpha value is -2.67. The number of hydrogen-bond acceptors (Lipinski definition) is 2. The quantitative estimate of drug-likeness (QED) is 0.894. The molecule has 0 spiro atoms. The molecule has 0 aliphatic heterocycles. The molecule has 94 valence electrons. The van der Waals surface area contributed by atoms with Crippen molar-refractivity contribution in [3.63, 3.8) is 0 Å². The van der Waals surface area contributed by atoms with Gasteiger partial charge in [-0.3, -0.25) is 0 Å². The summed E-state index contributed by atoms with van der Waals surface area (Å²) in [5.74, 6) is -1.69. The summed E-state index contributed by atoms with van der Waals surface area (Å²) in [7, 11) is 0. The van der Waals surface area contributed by atoms with Gasteiger partial charge in [0.25, 0.3) is 0 Å². The lowest BCUT2D eigenvalue weighted by Crippen LogP contribution is -2.01. The van der Waals surface area contributed by atoms with Crippen LogP contribution in [-0.4, -0.2) is 11.1 Å². The molecule has 0 aliphatic carbocycles. The van der Waals surface area contributed by atoms with E-state index in [2.05, 4.69) is 0 Å². The van der Waals surface area contributed by atoms with Gasteiger partial charge in [-0.05, 0) is 30.2 Å². The molecule has 19 heavy (non-hydrogen) atoms. The van der Waals surface area contributed by atoms with E-state index in [1.165, 1.54) is 18.2 Å². The summed E-state index contributed by atoms with van der Waals surface area (Å²) in [6.45, 7) is 1.62. The van der Waals surface area contributed by atoms with Gasteiger partial charge in [-0.15, -0.1) is 0 Å². The van der Waals surface area contributed by atoms with Crippen LogP contribution in [0.1, 0.15) is 21.5 Å². The predicted octanol–water partition coefficient (Wildman–Crippen LogP) is 3.37. The lowest BCUT2D eigenvalue weighted by Gasteiger charge is -2.10. The second-order valence-corrected chi connectivity index (χ2v) is 4.06. The van der Waals surface area contributed by atoms with Crippen molar-refractivity contribution >= 4 is 5.97 Å². The maximum atomic E-state index is 14.1. The van der Waals surface area contributed by atoms with Gasteiger partial charge >= 0.3 is 5.97 Å².